The van der Waals surface area contributed by atoms with E-state index in [0.29, 0.717) is 11.3 Å². The summed E-state index contributed by atoms with van der Waals surface area (Å²) in [6.45, 7) is 3.73. The summed E-state index contributed by atoms with van der Waals surface area (Å²) in [5.41, 5.74) is 16.4. The Balaban J connectivity index is 2.04. The summed E-state index contributed by atoms with van der Waals surface area (Å²) in [6, 6.07) is 15.7. The molecule has 4 heteroatoms. The third-order valence-corrected chi connectivity index (χ3v) is 3.50. The maximum absolute atomic E-state index is 7.49. The third-order valence-electron chi connectivity index (χ3n) is 3.50. The lowest BCUT2D eigenvalue weighted by Gasteiger charge is -2.01. The highest BCUT2D eigenvalue weighted by atomic mass is 14.7. The average molecular weight is 276 g/mol. The van der Waals surface area contributed by atoms with Gasteiger partial charge in [-0.3, -0.25) is 5.41 Å². The van der Waals surface area contributed by atoms with Crippen LogP contribution < -0.4 is 11.5 Å². The Morgan fingerprint density at radius 2 is 1.62 bits per heavy atom. The smallest absolute Gasteiger partial charge is 0.122 e. The van der Waals surface area contributed by atoms with Gasteiger partial charge in [0.05, 0.1) is 0 Å². The topological polar surface area (TPSA) is 91.7 Å². The molecule has 0 spiro atoms. The summed E-state index contributed by atoms with van der Waals surface area (Å²) < 4.78 is 0. The summed E-state index contributed by atoms with van der Waals surface area (Å²) in [6.07, 6.45) is 0. The van der Waals surface area contributed by atoms with Gasteiger partial charge < -0.3 is 16.5 Å². The summed E-state index contributed by atoms with van der Waals surface area (Å²) in [5, 5.41) is 8.57. The number of amidine groups is 1. The number of rotatable bonds is 3. The molecular formula is C17H16N4. The summed E-state index contributed by atoms with van der Waals surface area (Å²) >= 11 is 0. The molecule has 0 saturated carbocycles. The van der Waals surface area contributed by atoms with Gasteiger partial charge in [-0.05, 0) is 23.3 Å². The Labute approximate surface area is 122 Å². The molecule has 0 radical (unpaired) electrons. The van der Waals surface area contributed by atoms with E-state index in [0.717, 1.165) is 27.7 Å². The SMILES string of the molecule is C=C(N)c1ccc(-c2cc3ccc(C(=N)N)cc3[nH]2)cc1. The van der Waals surface area contributed by atoms with Crippen molar-refractivity contribution in [3.8, 4) is 11.3 Å². The minimum Gasteiger partial charge on any atom is -0.399 e. The largest absolute Gasteiger partial charge is 0.399 e. The van der Waals surface area contributed by atoms with Crippen LogP contribution in [-0.2, 0) is 0 Å². The summed E-state index contributed by atoms with van der Waals surface area (Å²) in [7, 11) is 0. The lowest BCUT2D eigenvalue weighted by atomic mass is 10.1. The molecule has 21 heavy (non-hydrogen) atoms. The highest BCUT2D eigenvalue weighted by molar-refractivity contribution is 5.99. The Bertz CT molecular complexity index is 841. The Kier molecular flexibility index (Phi) is 2.99. The van der Waals surface area contributed by atoms with Crippen LogP contribution in [0.2, 0.25) is 0 Å². The van der Waals surface area contributed by atoms with Crippen molar-refractivity contribution < 1.29 is 0 Å². The lowest BCUT2D eigenvalue weighted by Crippen LogP contribution is -2.10. The van der Waals surface area contributed by atoms with Crippen LogP contribution in [0.25, 0.3) is 27.9 Å². The number of hydrogen-bond donors (Lipinski definition) is 4. The number of nitrogens with one attached hydrogen (secondary N) is 2. The minimum atomic E-state index is 0.0684. The van der Waals surface area contributed by atoms with Crippen LogP contribution in [-0.4, -0.2) is 10.8 Å². The van der Waals surface area contributed by atoms with Gasteiger partial charge in [0, 0.05) is 27.9 Å². The van der Waals surface area contributed by atoms with Crippen LogP contribution in [0.4, 0.5) is 0 Å². The number of benzene rings is 2. The zero-order valence-electron chi connectivity index (χ0n) is 11.5. The molecule has 1 heterocycles. The van der Waals surface area contributed by atoms with Crippen molar-refractivity contribution in [2.24, 2.45) is 11.5 Å². The van der Waals surface area contributed by atoms with Gasteiger partial charge in [-0.25, -0.2) is 0 Å². The molecule has 0 saturated heterocycles. The molecule has 3 aromatic rings. The molecule has 6 N–H and O–H groups in total. The lowest BCUT2D eigenvalue weighted by molar-refractivity contribution is 1.41. The van der Waals surface area contributed by atoms with Crippen molar-refractivity contribution in [2.75, 3.05) is 0 Å². The highest BCUT2D eigenvalue weighted by Gasteiger charge is 2.05. The van der Waals surface area contributed by atoms with E-state index in [9.17, 15) is 0 Å². The Morgan fingerprint density at radius 1 is 0.952 bits per heavy atom. The molecule has 0 fully saturated rings. The van der Waals surface area contributed by atoms with Crippen molar-refractivity contribution in [1.29, 1.82) is 5.41 Å². The maximum Gasteiger partial charge on any atom is 0.122 e. The standard InChI is InChI=1S/C17H16N4/c1-10(18)11-2-4-12(5-3-11)15-8-13-6-7-14(17(19)20)9-16(13)21-15/h2-9,21H,1,18H2,(H3,19,20). The zero-order valence-corrected chi connectivity index (χ0v) is 11.5. The summed E-state index contributed by atoms with van der Waals surface area (Å²) in [4.78, 5) is 3.35. The molecular weight excluding hydrogens is 260 g/mol. The average Bonchev–Trinajstić information content (AvgIpc) is 2.90. The molecule has 2 aromatic carbocycles. The van der Waals surface area contributed by atoms with E-state index in [4.69, 9.17) is 16.9 Å². The van der Waals surface area contributed by atoms with E-state index in [2.05, 4.69) is 17.6 Å². The molecule has 1 aromatic heterocycles. The molecule has 0 unspecified atom stereocenters. The molecule has 3 rings (SSSR count). The second-order valence-corrected chi connectivity index (χ2v) is 5.00. The number of nitrogens with two attached hydrogens (primary N) is 2. The van der Waals surface area contributed by atoms with Crippen molar-refractivity contribution in [3.63, 3.8) is 0 Å². The first-order valence-electron chi connectivity index (χ1n) is 6.57. The Morgan fingerprint density at radius 3 is 2.24 bits per heavy atom. The predicted molar refractivity (Wildman–Crippen MR) is 88.0 cm³/mol. The fraction of sp³-hybridized carbons (Fsp3) is 0. The molecule has 0 bridgehead atoms. The monoisotopic (exact) mass is 276 g/mol. The number of H-pyrrole nitrogens is 1. The van der Waals surface area contributed by atoms with E-state index < -0.39 is 0 Å². The quantitative estimate of drug-likeness (QED) is 0.437. The number of aromatic nitrogens is 1. The molecule has 4 nitrogen and oxygen atoms in total. The van der Waals surface area contributed by atoms with E-state index in [1.54, 1.807) is 0 Å². The van der Waals surface area contributed by atoms with Crippen LogP contribution in [0.15, 0.2) is 55.1 Å². The van der Waals surface area contributed by atoms with E-state index >= 15 is 0 Å². The number of nitrogen functional groups attached to an aromatic ring is 1. The third kappa shape index (κ3) is 2.39. The van der Waals surface area contributed by atoms with Gasteiger partial charge in [0.25, 0.3) is 0 Å². The molecule has 0 aliphatic rings. The van der Waals surface area contributed by atoms with Crippen LogP contribution in [0, 0.1) is 5.41 Å². The first-order valence-corrected chi connectivity index (χ1v) is 6.57. The summed E-state index contributed by atoms with van der Waals surface area (Å²) in [5.74, 6) is 0.0684. The predicted octanol–water partition coefficient (Wildman–Crippen LogP) is 3.05. The normalized spacial score (nSPS) is 10.7. The fourth-order valence-corrected chi connectivity index (χ4v) is 2.31. The second kappa shape index (κ2) is 4.83. The van der Waals surface area contributed by atoms with Gasteiger partial charge in [-0.2, -0.15) is 0 Å². The fourth-order valence-electron chi connectivity index (χ4n) is 2.31. The van der Waals surface area contributed by atoms with Gasteiger partial charge in [-0.15, -0.1) is 0 Å². The number of fused-ring (bicyclic) bond motifs is 1. The molecule has 0 atom stereocenters. The maximum atomic E-state index is 7.49. The van der Waals surface area contributed by atoms with Crippen molar-refractivity contribution in [1.82, 2.24) is 4.98 Å². The Hall–Kier alpha value is -3.01. The van der Waals surface area contributed by atoms with E-state index in [1.807, 2.05) is 42.5 Å². The molecule has 0 amide bonds. The van der Waals surface area contributed by atoms with Gasteiger partial charge in [0.2, 0.25) is 0 Å². The van der Waals surface area contributed by atoms with Gasteiger partial charge in [-0.1, -0.05) is 43.0 Å². The van der Waals surface area contributed by atoms with Crippen LogP contribution in [0.5, 0.6) is 0 Å². The number of hydrogen-bond acceptors (Lipinski definition) is 2. The van der Waals surface area contributed by atoms with Gasteiger partial charge in [0.1, 0.15) is 5.84 Å². The molecule has 104 valence electrons. The van der Waals surface area contributed by atoms with Crippen LogP contribution in [0.3, 0.4) is 0 Å². The number of aromatic amines is 1. The van der Waals surface area contributed by atoms with Crippen molar-refractivity contribution >= 4 is 22.4 Å². The molecule has 0 aliphatic heterocycles. The van der Waals surface area contributed by atoms with Crippen molar-refractivity contribution in [3.05, 3.63) is 66.2 Å². The first kappa shape index (κ1) is 13.0. The second-order valence-electron chi connectivity index (χ2n) is 5.00. The van der Waals surface area contributed by atoms with Gasteiger partial charge >= 0.3 is 0 Å². The first-order chi connectivity index (χ1) is 10.0. The van der Waals surface area contributed by atoms with Gasteiger partial charge in [0.15, 0.2) is 0 Å². The van der Waals surface area contributed by atoms with E-state index in [-0.39, 0.29) is 5.84 Å². The highest BCUT2D eigenvalue weighted by Crippen LogP contribution is 2.25. The minimum absolute atomic E-state index is 0.0684. The molecule has 0 aliphatic carbocycles. The van der Waals surface area contributed by atoms with Crippen molar-refractivity contribution in [2.45, 2.75) is 0 Å². The zero-order chi connectivity index (χ0) is 15.0. The van der Waals surface area contributed by atoms with Crippen LogP contribution in [0.1, 0.15) is 11.1 Å². The van der Waals surface area contributed by atoms with Crippen LogP contribution >= 0.6 is 0 Å². The van der Waals surface area contributed by atoms with E-state index in [1.165, 1.54) is 0 Å².